The Hall–Kier alpha value is -3.08. The number of rotatable bonds is 55. The molecule has 0 aliphatic rings. The topological polar surface area (TPSA) is 155 Å². The molecule has 0 spiro atoms. The summed E-state index contributed by atoms with van der Waals surface area (Å²) >= 11 is 0. The van der Waals surface area contributed by atoms with Gasteiger partial charge in [0, 0.05) is 19.3 Å². The van der Waals surface area contributed by atoms with E-state index in [4.69, 9.17) is 23.3 Å². The van der Waals surface area contributed by atoms with Gasteiger partial charge in [-0.1, -0.05) is 209 Å². The van der Waals surface area contributed by atoms with Gasteiger partial charge in [-0.2, -0.15) is 0 Å². The average Bonchev–Trinajstić information content (AvgIpc) is 3.39. The Morgan fingerprint density at radius 2 is 0.703 bits per heavy atom. The maximum atomic E-state index is 12.9. The van der Waals surface area contributed by atoms with Crippen LogP contribution in [0.1, 0.15) is 265 Å². The summed E-state index contributed by atoms with van der Waals surface area (Å²) in [5.41, 5.74) is 0. The van der Waals surface area contributed by atoms with E-state index in [0.29, 0.717) is 19.3 Å². The number of allylic oxidation sites excluding steroid dienone is 12. The number of carbonyl (C=O) groups excluding carboxylic acids is 3. The summed E-state index contributed by atoms with van der Waals surface area (Å²) in [5.74, 6) is -1.51. The third-order valence-electron chi connectivity index (χ3n) is 12.6. The first-order chi connectivity index (χ1) is 36.2. The van der Waals surface area contributed by atoms with Crippen LogP contribution in [0.2, 0.25) is 0 Å². The van der Waals surface area contributed by atoms with E-state index in [9.17, 15) is 28.9 Å². The monoisotopic (exact) mass is 1060 g/mol. The molecule has 0 aromatic heterocycles. The van der Waals surface area contributed by atoms with Crippen LogP contribution in [0.5, 0.6) is 0 Å². The fourth-order valence-corrected chi connectivity index (χ4v) is 8.83. The van der Waals surface area contributed by atoms with E-state index in [-0.39, 0.29) is 25.9 Å². The molecule has 0 aliphatic heterocycles. The van der Waals surface area contributed by atoms with Crippen molar-refractivity contribution in [2.75, 3.05) is 26.4 Å². The summed E-state index contributed by atoms with van der Waals surface area (Å²) < 4.78 is 39.5. The van der Waals surface area contributed by atoms with E-state index >= 15 is 0 Å². The fourth-order valence-electron chi connectivity index (χ4n) is 8.04. The van der Waals surface area contributed by atoms with Gasteiger partial charge in [-0.25, -0.2) is 4.57 Å². The number of hydrogen-bond acceptors (Lipinski definition) is 10. The van der Waals surface area contributed by atoms with Crippen molar-refractivity contribution < 1.29 is 52.2 Å². The van der Waals surface area contributed by atoms with Crippen LogP contribution in [0.25, 0.3) is 0 Å². The van der Waals surface area contributed by atoms with E-state index in [1.165, 1.54) is 109 Å². The lowest BCUT2D eigenvalue weighted by molar-refractivity contribution is -0.161. The zero-order valence-corrected chi connectivity index (χ0v) is 48.2. The van der Waals surface area contributed by atoms with Gasteiger partial charge in [-0.15, -0.1) is 0 Å². The van der Waals surface area contributed by atoms with Crippen molar-refractivity contribution in [2.45, 2.75) is 277 Å². The lowest BCUT2D eigenvalue weighted by Crippen LogP contribution is -2.30. The van der Waals surface area contributed by atoms with Gasteiger partial charge >= 0.3 is 25.7 Å². The van der Waals surface area contributed by atoms with Crippen molar-refractivity contribution >= 4 is 25.7 Å². The van der Waals surface area contributed by atoms with Crippen LogP contribution in [0.3, 0.4) is 0 Å². The number of unbranched alkanes of at least 4 members (excludes halogenated alkanes) is 26. The van der Waals surface area contributed by atoms with Crippen LogP contribution in [0.4, 0.5) is 0 Å². The molecule has 0 aromatic rings. The van der Waals surface area contributed by atoms with Crippen molar-refractivity contribution in [3.63, 3.8) is 0 Å². The summed E-state index contributed by atoms with van der Waals surface area (Å²) in [6.45, 7) is 4.47. The van der Waals surface area contributed by atoms with Gasteiger partial charge in [-0.3, -0.25) is 23.4 Å². The highest BCUT2D eigenvalue weighted by Crippen LogP contribution is 2.43. The number of carbonyl (C=O) groups is 3. The van der Waals surface area contributed by atoms with E-state index in [1.54, 1.807) is 0 Å². The van der Waals surface area contributed by atoms with Crippen LogP contribution in [0.15, 0.2) is 72.9 Å². The molecule has 0 bridgehead atoms. The molecule has 0 radical (unpaired) electrons. The molecule has 74 heavy (non-hydrogen) atoms. The van der Waals surface area contributed by atoms with Gasteiger partial charge in [0.1, 0.15) is 12.7 Å². The number of phosphoric acid groups is 1. The SMILES string of the molecule is CC/C=C\C/C=C\C/C=C\C/C=C\CCCCC(=O)OC(CO)COP(=O)(O)OCC(COC(=O)CCCCCCC/C=C\CCCCCC)OC(=O)CCCCCCCCCCC/C=C\CCCCCCCC. The Bertz CT molecular complexity index is 1520. The Kier molecular flexibility index (Phi) is 53.8. The molecular formula is C62H109O11P. The van der Waals surface area contributed by atoms with Crippen molar-refractivity contribution in [2.24, 2.45) is 0 Å². The zero-order valence-electron chi connectivity index (χ0n) is 47.3. The minimum atomic E-state index is -4.76. The van der Waals surface area contributed by atoms with Crippen molar-refractivity contribution in [1.29, 1.82) is 0 Å². The van der Waals surface area contributed by atoms with Gasteiger partial charge in [0.2, 0.25) is 0 Å². The largest absolute Gasteiger partial charge is 0.472 e. The molecule has 0 amide bonds. The summed E-state index contributed by atoms with van der Waals surface area (Å²) in [7, 11) is -4.76. The predicted molar refractivity (Wildman–Crippen MR) is 307 cm³/mol. The van der Waals surface area contributed by atoms with Gasteiger partial charge in [0.05, 0.1) is 19.8 Å². The molecule has 0 aliphatic carbocycles. The predicted octanol–water partition coefficient (Wildman–Crippen LogP) is 17.7. The first kappa shape index (κ1) is 70.9. The van der Waals surface area contributed by atoms with Crippen LogP contribution >= 0.6 is 7.82 Å². The Morgan fingerprint density at radius 1 is 0.392 bits per heavy atom. The summed E-state index contributed by atoms with van der Waals surface area (Å²) in [5, 5.41) is 9.81. The van der Waals surface area contributed by atoms with Crippen LogP contribution < -0.4 is 0 Å². The quantitative estimate of drug-likeness (QED) is 0.0197. The molecule has 428 valence electrons. The highest BCUT2D eigenvalue weighted by Gasteiger charge is 2.28. The number of esters is 3. The van der Waals surface area contributed by atoms with Gasteiger partial charge in [-0.05, 0) is 109 Å². The highest BCUT2D eigenvalue weighted by molar-refractivity contribution is 7.47. The minimum absolute atomic E-state index is 0.123. The molecule has 0 heterocycles. The van der Waals surface area contributed by atoms with Gasteiger partial charge < -0.3 is 24.2 Å². The van der Waals surface area contributed by atoms with Crippen LogP contribution in [0, 0.1) is 0 Å². The molecule has 11 nitrogen and oxygen atoms in total. The number of ether oxygens (including phenoxy) is 3. The Labute approximate surface area is 452 Å². The molecule has 3 atom stereocenters. The normalized spacial score (nSPS) is 13.9. The van der Waals surface area contributed by atoms with E-state index in [1.807, 2.05) is 0 Å². The molecule has 0 aromatic carbocycles. The van der Waals surface area contributed by atoms with Crippen LogP contribution in [-0.2, 0) is 42.2 Å². The highest BCUT2D eigenvalue weighted by atomic mass is 31.2. The summed E-state index contributed by atoms with van der Waals surface area (Å²) in [6, 6.07) is 0. The standard InChI is InChI=1S/C62H109O11P/c1-4-7-10-13-16-19-22-25-27-28-29-30-32-35-38-41-44-47-50-53-62(66)73-59(55-69-60(64)51-48-45-42-39-36-33-24-21-18-15-12-9-6-3)57-71-74(67,68)70-56-58(54-63)72-61(65)52-49-46-43-40-37-34-31-26-23-20-17-14-11-8-5-2/h8,11,17,20-21,24-27,31,37,40,58-59,63H,4-7,9-10,12-16,18-19,22-23,28-30,32-36,38-39,41-57H2,1-3H3,(H,67,68)/b11-8-,20-17-,24-21-,27-25-,31-26-,40-37-. The zero-order chi connectivity index (χ0) is 54.1. The fraction of sp³-hybridized carbons (Fsp3) is 0.758. The molecule has 12 heteroatoms. The third kappa shape index (κ3) is 53.7. The Morgan fingerprint density at radius 3 is 1.14 bits per heavy atom. The summed E-state index contributed by atoms with van der Waals surface area (Å²) in [6.07, 6.45) is 62.9. The lowest BCUT2D eigenvalue weighted by Gasteiger charge is -2.21. The Balaban J connectivity index is 4.74. The first-order valence-corrected chi connectivity index (χ1v) is 31.3. The molecule has 0 saturated heterocycles. The number of phosphoric ester groups is 1. The minimum Gasteiger partial charge on any atom is -0.462 e. The second-order valence-electron chi connectivity index (χ2n) is 19.8. The second kappa shape index (κ2) is 56.1. The number of hydrogen-bond donors (Lipinski definition) is 2. The molecular weight excluding hydrogens is 952 g/mol. The van der Waals surface area contributed by atoms with Crippen molar-refractivity contribution in [3.8, 4) is 0 Å². The van der Waals surface area contributed by atoms with E-state index in [0.717, 1.165) is 96.3 Å². The molecule has 0 fully saturated rings. The summed E-state index contributed by atoms with van der Waals surface area (Å²) in [4.78, 5) is 48.6. The number of aliphatic hydroxyl groups excluding tert-OH is 1. The lowest BCUT2D eigenvalue weighted by atomic mass is 10.1. The van der Waals surface area contributed by atoms with Crippen LogP contribution in [-0.4, -0.2) is 66.5 Å². The maximum absolute atomic E-state index is 12.9. The van der Waals surface area contributed by atoms with Crippen molar-refractivity contribution in [3.05, 3.63) is 72.9 Å². The van der Waals surface area contributed by atoms with E-state index in [2.05, 4.69) is 93.7 Å². The molecule has 0 saturated carbocycles. The average molecular weight is 1060 g/mol. The number of aliphatic hydroxyl groups is 1. The van der Waals surface area contributed by atoms with Gasteiger partial charge in [0.25, 0.3) is 0 Å². The van der Waals surface area contributed by atoms with Gasteiger partial charge in [0.15, 0.2) is 6.10 Å². The smallest absolute Gasteiger partial charge is 0.462 e. The second-order valence-corrected chi connectivity index (χ2v) is 21.2. The molecule has 2 N–H and O–H groups in total. The molecule has 3 unspecified atom stereocenters. The maximum Gasteiger partial charge on any atom is 0.472 e. The van der Waals surface area contributed by atoms with Crippen molar-refractivity contribution in [1.82, 2.24) is 0 Å². The molecule has 0 rings (SSSR count). The third-order valence-corrected chi connectivity index (χ3v) is 13.5. The van der Waals surface area contributed by atoms with E-state index < -0.39 is 57.8 Å². The first-order valence-electron chi connectivity index (χ1n) is 29.8.